The number of carbonyl (C=O) groups excluding carboxylic acids is 1. The molecular formula is C16H15N7O2. The van der Waals surface area contributed by atoms with Crippen LogP contribution in [0.4, 0.5) is 0 Å². The van der Waals surface area contributed by atoms with Crippen LogP contribution in [0.25, 0.3) is 11.0 Å². The van der Waals surface area contributed by atoms with Crippen molar-refractivity contribution < 1.29 is 4.79 Å². The van der Waals surface area contributed by atoms with Crippen LogP contribution in [-0.2, 0) is 18.4 Å². The van der Waals surface area contributed by atoms with Crippen LogP contribution >= 0.6 is 0 Å². The van der Waals surface area contributed by atoms with E-state index in [1.807, 2.05) is 30.3 Å². The minimum atomic E-state index is -0.391. The van der Waals surface area contributed by atoms with Gasteiger partial charge in [-0.1, -0.05) is 35.5 Å². The molecule has 0 aliphatic carbocycles. The Morgan fingerprint density at radius 3 is 2.84 bits per heavy atom. The molecule has 0 bridgehead atoms. The number of amides is 1. The summed E-state index contributed by atoms with van der Waals surface area (Å²) in [6, 6.07) is 9.71. The molecule has 2 aromatic heterocycles. The van der Waals surface area contributed by atoms with Crippen LogP contribution in [0.2, 0.25) is 0 Å². The fourth-order valence-corrected chi connectivity index (χ4v) is 2.76. The number of nitrogens with zero attached hydrogens (tertiary/aromatic N) is 7. The van der Waals surface area contributed by atoms with Crippen molar-refractivity contribution in [2.45, 2.75) is 13.0 Å². The van der Waals surface area contributed by atoms with E-state index in [-0.39, 0.29) is 12.5 Å². The van der Waals surface area contributed by atoms with Gasteiger partial charge in [-0.15, -0.1) is 5.10 Å². The second-order valence-corrected chi connectivity index (χ2v) is 5.74. The Balaban J connectivity index is 1.56. The highest BCUT2D eigenvalue weighted by atomic mass is 16.2. The molecule has 3 aromatic rings. The van der Waals surface area contributed by atoms with Gasteiger partial charge in [-0.05, 0) is 5.56 Å². The second kappa shape index (κ2) is 5.93. The highest BCUT2D eigenvalue weighted by molar-refractivity contribution is 6.02. The zero-order chi connectivity index (χ0) is 17.4. The minimum absolute atomic E-state index is 0.206. The van der Waals surface area contributed by atoms with Crippen molar-refractivity contribution >= 4 is 22.7 Å². The Morgan fingerprint density at radius 2 is 2.04 bits per heavy atom. The minimum Gasteiger partial charge on any atom is -0.271 e. The largest absolute Gasteiger partial charge is 0.281 e. The van der Waals surface area contributed by atoms with Crippen molar-refractivity contribution in [3.63, 3.8) is 0 Å². The topological polar surface area (TPSA) is 98.3 Å². The zero-order valence-corrected chi connectivity index (χ0v) is 13.5. The molecular weight excluding hydrogens is 322 g/mol. The maximum absolute atomic E-state index is 12.5. The molecule has 0 spiro atoms. The van der Waals surface area contributed by atoms with Crippen molar-refractivity contribution in [2.24, 2.45) is 12.1 Å². The predicted octanol–water partition coefficient (Wildman–Crippen LogP) is 0.162. The Bertz CT molecular complexity index is 1040. The lowest BCUT2D eigenvalue weighted by Crippen LogP contribution is -2.34. The molecule has 0 atom stereocenters. The first-order chi connectivity index (χ1) is 12.1. The molecule has 0 N–H and O–H groups in total. The average molecular weight is 337 g/mol. The summed E-state index contributed by atoms with van der Waals surface area (Å²) in [5, 5.41) is 17.8. The van der Waals surface area contributed by atoms with Crippen LogP contribution in [0.15, 0.2) is 46.4 Å². The third-order valence-corrected chi connectivity index (χ3v) is 4.10. The molecule has 0 saturated carbocycles. The number of benzene rings is 1. The van der Waals surface area contributed by atoms with Gasteiger partial charge < -0.3 is 0 Å². The second-order valence-electron chi connectivity index (χ2n) is 5.74. The van der Waals surface area contributed by atoms with Gasteiger partial charge in [0.05, 0.1) is 18.5 Å². The molecule has 9 heteroatoms. The number of hydrogen-bond donors (Lipinski definition) is 0. The molecule has 25 heavy (non-hydrogen) atoms. The summed E-state index contributed by atoms with van der Waals surface area (Å²) < 4.78 is 2.51. The maximum Gasteiger partial charge on any atom is 0.281 e. The van der Waals surface area contributed by atoms with Gasteiger partial charge in [0.2, 0.25) is 0 Å². The Labute approximate surface area is 142 Å². The van der Waals surface area contributed by atoms with Crippen LogP contribution in [0.1, 0.15) is 12.0 Å². The van der Waals surface area contributed by atoms with E-state index in [2.05, 4.69) is 20.5 Å². The first-order valence-corrected chi connectivity index (χ1v) is 7.82. The lowest BCUT2D eigenvalue weighted by Gasteiger charge is -2.11. The van der Waals surface area contributed by atoms with Crippen molar-refractivity contribution in [2.75, 3.05) is 6.54 Å². The van der Waals surface area contributed by atoms with Crippen molar-refractivity contribution in [3.05, 3.63) is 52.4 Å². The molecule has 3 heterocycles. The van der Waals surface area contributed by atoms with Crippen LogP contribution < -0.4 is 5.56 Å². The van der Waals surface area contributed by atoms with E-state index in [1.165, 1.54) is 15.9 Å². The molecule has 9 nitrogen and oxygen atoms in total. The van der Waals surface area contributed by atoms with Crippen molar-refractivity contribution in [1.29, 1.82) is 0 Å². The summed E-state index contributed by atoms with van der Waals surface area (Å²) in [6.07, 6.45) is 2.10. The van der Waals surface area contributed by atoms with Gasteiger partial charge >= 0.3 is 0 Å². The third kappa shape index (κ3) is 2.69. The Hall–Kier alpha value is -3.36. The molecule has 0 unspecified atom stereocenters. The molecule has 0 saturated heterocycles. The fourth-order valence-electron chi connectivity index (χ4n) is 2.76. The van der Waals surface area contributed by atoms with Gasteiger partial charge in [0.25, 0.3) is 11.5 Å². The van der Waals surface area contributed by atoms with Gasteiger partial charge in [-0.25, -0.2) is 14.4 Å². The van der Waals surface area contributed by atoms with Gasteiger partial charge in [-0.3, -0.25) is 9.59 Å². The maximum atomic E-state index is 12.5. The number of rotatable bonds is 3. The molecule has 1 aliphatic rings. The number of fused-ring (bicyclic) bond motifs is 1. The molecule has 1 aromatic carbocycles. The number of hydrazone groups is 1. The standard InChI is InChI=1S/C16H15N7O2/c1-21-15-12(9-17-21)16(25)23(20-18-15)10-14(24)22-8-7-13(19-22)11-5-3-2-4-6-11/h2-6,9H,7-8,10H2,1H3. The molecule has 0 fully saturated rings. The lowest BCUT2D eigenvalue weighted by atomic mass is 10.1. The predicted molar refractivity (Wildman–Crippen MR) is 89.9 cm³/mol. The molecule has 4 rings (SSSR count). The summed E-state index contributed by atoms with van der Waals surface area (Å²) >= 11 is 0. The van der Waals surface area contributed by atoms with E-state index in [4.69, 9.17) is 0 Å². The monoisotopic (exact) mass is 337 g/mol. The normalized spacial score (nSPS) is 14.1. The van der Waals surface area contributed by atoms with E-state index in [1.54, 1.807) is 7.05 Å². The van der Waals surface area contributed by atoms with Gasteiger partial charge in [0.1, 0.15) is 11.9 Å². The van der Waals surface area contributed by atoms with E-state index in [0.29, 0.717) is 24.0 Å². The molecule has 126 valence electrons. The van der Waals surface area contributed by atoms with E-state index < -0.39 is 5.56 Å². The summed E-state index contributed by atoms with van der Waals surface area (Å²) in [4.78, 5) is 24.8. The van der Waals surface area contributed by atoms with E-state index >= 15 is 0 Å². The SMILES string of the molecule is Cn1ncc2c(=O)n(CC(=O)N3CCC(c4ccccc4)=N3)nnc21. The quantitative estimate of drug-likeness (QED) is 0.678. The smallest absolute Gasteiger partial charge is 0.271 e. The summed E-state index contributed by atoms with van der Waals surface area (Å²) in [5.74, 6) is -0.300. The molecule has 1 amide bonds. The van der Waals surface area contributed by atoms with Gasteiger partial charge in [0.15, 0.2) is 5.65 Å². The molecule has 1 aliphatic heterocycles. The van der Waals surface area contributed by atoms with Crippen LogP contribution in [-0.4, -0.2) is 47.9 Å². The third-order valence-electron chi connectivity index (χ3n) is 4.10. The van der Waals surface area contributed by atoms with Gasteiger partial charge in [0, 0.05) is 13.5 Å². The number of hydrogen-bond acceptors (Lipinski definition) is 6. The Kier molecular flexibility index (Phi) is 3.60. The average Bonchev–Trinajstić information content (AvgIpc) is 3.26. The van der Waals surface area contributed by atoms with Crippen molar-refractivity contribution in [1.82, 2.24) is 29.8 Å². The summed E-state index contributed by atoms with van der Waals surface area (Å²) in [5.41, 5.74) is 1.85. The number of carbonyl (C=O) groups is 1. The van der Waals surface area contributed by atoms with E-state index in [0.717, 1.165) is 16.0 Å². The van der Waals surface area contributed by atoms with Gasteiger partial charge in [-0.2, -0.15) is 10.2 Å². The highest BCUT2D eigenvalue weighted by Crippen LogP contribution is 2.14. The Morgan fingerprint density at radius 1 is 1.24 bits per heavy atom. The summed E-state index contributed by atoms with van der Waals surface area (Å²) in [6.45, 7) is 0.280. The van der Waals surface area contributed by atoms with Crippen molar-refractivity contribution in [3.8, 4) is 0 Å². The number of aryl methyl sites for hydroxylation is 1. The van der Waals surface area contributed by atoms with Crippen LogP contribution in [0.5, 0.6) is 0 Å². The fraction of sp³-hybridized carbons (Fsp3) is 0.250. The lowest BCUT2D eigenvalue weighted by molar-refractivity contribution is -0.131. The van der Waals surface area contributed by atoms with Crippen LogP contribution in [0, 0.1) is 0 Å². The number of aromatic nitrogens is 5. The van der Waals surface area contributed by atoms with E-state index in [9.17, 15) is 9.59 Å². The first kappa shape index (κ1) is 15.2. The first-order valence-electron chi connectivity index (χ1n) is 7.82. The zero-order valence-electron chi connectivity index (χ0n) is 13.5. The molecule has 0 radical (unpaired) electrons. The van der Waals surface area contributed by atoms with Crippen LogP contribution in [0.3, 0.4) is 0 Å². The summed E-state index contributed by atoms with van der Waals surface area (Å²) in [7, 11) is 1.68. The highest BCUT2D eigenvalue weighted by Gasteiger charge is 2.23.